The molecule has 0 fully saturated rings. The summed E-state index contributed by atoms with van der Waals surface area (Å²) in [5, 5.41) is 16.8. The molecule has 0 spiro atoms. The van der Waals surface area contributed by atoms with Gasteiger partial charge in [0.15, 0.2) is 11.9 Å². The van der Waals surface area contributed by atoms with Crippen LogP contribution in [0.1, 0.15) is 31.4 Å². The first-order valence-electron chi connectivity index (χ1n) is 12.0. The highest BCUT2D eigenvalue weighted by molar-refractivity contribution is 7.80. The van der Waals surface area contributed by atoms with Gasteiger partial charge in [0.25, 0.3) is 0 Å². The number of imidazole rings is 1. The minimum absolute atomic E-state index is 0.00895. The number of carboxylic acid groups (broad SMARTS) is 1. The van der Waals surface area contributed by atoms with E-state index in [0.717, 1.165) is 0 Å². The Bertz CT molecular complexity index is 995. The van der Waals surface area contributed by atoms with Crippen LogP contribution in [0, 0.1) is 0 Å². The molecule has 0 aliphatic carbocycles. The number of carboxylic acids is 1. The van der Waals surface area contributed by atoms with E-state index in [1.54, 1.807) is 0 Å². The fourth-order valence-corrected chi connectivity index (χ4v) is 3.50. The number of hydrogen-bond donors (Lipinski definition) is 11. The van der Waals surface area contributed by atoms with E-state index in [1.807, 2.05) is 0 Å². The number of rotatable bonds is 18. The molecule has 0 saturated carbocycles. The Morgan fingerprint density at radius 2 is 1.44 bits per heavy atom. The van der Waals surface area contributed by atoms with Crippen molar-refractivity contribution in [3.05, 3.63) is 18.2 Å². The molecule has 18 heteroatoms. The lowest BCUT2D eigenvalue weighted by atomic mass is 10.1. The lowest BCUT2D eigenvalue weighted by molar-refractivity contribution is -0.141. The molecule has 4 unspecified atom stereocenters. The van der Waals surface area contributed by atoms with Crippen molar-refractivity contribution in [1.29, 1.82) is 0 Å². The Hall–Kier alpha value is -4.06. The molecule has 17 nitrogen and oxygen atoms in total. The zero-order chi connectivity index (χ0) is 29.4. The number of H-pyrrole nitrogens is 1. The number of nitrogens with one attached hydrogen (secondary N) is 4. The first-order valence-corrected chi connectivity index (χ1v) is 12.7. The summed E-state index contributed by atoms with van der Waals surface area (Å²) in [6.07, 6.45) is 3.93. The smallest absolute Gasteiger partial charge is 0.327 e. The number of nitrogens with two attached hydrogens (primary N) is 5. The van der Waals surface area contributed by atoms with Gasteiger partial charge in [-0.2, -0.15) is 12.6 Å². The average Bonchev–Trinajstić information content (AvgIpc) is 3.38. The van der Waals surface area contributed by atoms with E-state index >= 15 is 0 Å². The summed E-state index contributed by atoms with van der Waals surface area (Å²) in [4.78, 5) is 64.7. The van der Waals surface area contributed by atoms with Crippen molar-refractivity contribution in [2.24, 2.45) is 38.7 Å². The fraction of sp³-hybridized carbons (Fsp3) is 0.571. The summed E-state index contributed by atoms with van der Waals surface area (Å²) in [6, 6.07) is -4.55. The van der Waals surface area contributed by atoms with E-state index in [9.17, 15) is 24.3 Å². The third-order valence-corrected chi connectivity index (χ3v) is 5.66. The summed E-state index contributed by atoms with van der Waals surface area (Å²) in [6.45, 7) is 0.446. The number of guanidine groups is 2. The maximum absolute atomic E-state index is 13.3. The number of amides is 3. The number of aliphatic carboxylic acids is 1. The maximum Gasteiger partial charge on any atom is 0.327 e. The second kappa shape index (κ2) is 17.4. The van der Waals surface area contributed by atoms with Crippen LogP contribution in [0.2, 0.25) is 0 Å². The predicted molar refractivity (Wildman–Crippen MR) is 147 cm³/mol. The lowest BCUT2D eigenvalue weighted by Gasteiger charge is -2.25. The fourth-order valence-electron chi connectivity index (χ4n) is 3.26. The van der Waals surface area contributed by atoms with Crippen molar-refractivity contribution < 1.29 is 24.3 Å². The Labute approximate surface area is 230 Å². The Morgan fingerprint density at radius 1 is 0.897 bits per heavy atom. The molecule has 0 aliphatic heterocycles. The zero-order valence-electron chi connectivity index (χ0n) is 21.4. The topological polar surface area (TPSA) is 308 Å². The van der Waals surface area contributed by atoms with Crippen LogP contribution < -0.4 is 44.6 Å². The van der Waals surface area contributed by atoms with Crippen LogP contribution >= 0.6 is 12.6 Å². The van der Waals surface area contributed by atoms with Crippen LogP contribution in [-0.2, 0) is 25.6 Å². The van der Waals surface area contributed by atoms with E-state index in [2.05, 4.69) is 48.5 Å². The second-order valence-corrected chi connectivity index (χ2v) is 8.85. The van der Waals surface area contributed by atoms with Gasteiger partial charge >= 0.3 is 5.97 Å². The third-order valence-electron chi connectivity index (χ3n) is 5.29. The molecule has 1 rings (SSSR count). The molecule has 39 heavy (non-hydrogen) atoms. The second-order valence-electron chi connectivity index (χ2n) is 8.49. The van der Waals surface area contributed by atoms with Crippen LogP contribution in [0.4, 0.5) is 0 Å². The summed E-state index contributed by atoms with van der Waals surface area (Å²) < 4.78 is 0. The molecule has 218 valence electrons. The normalized spacial score (nSPS) is 13.7. The van der Waals surface area contributed by atoms with Crippen molar-refractivity contribution in [1.82, 2.24) is 25.9 Å². The highest BCUT2D eigenvalue weighted by atomic mass is 32.1. The zero-order valence-corrected chi connectivity index (χ0v) is 22.3. The van der Waals surface area contributed by atoms with Gasteiger partial charge in [0, 0.05) is 37.2 Å². The van der Waals surface area contributed by atoms with Crippen molar-refractivity contribution in [2.45, 2.75) is 56.3 Å². The van der Waals surface area contributed by atoms with Crippen molar-refractivity contribution in [3.63, 3.8) is 0 Å². The number of carbonyl (C=O) groups is 4. The molecular weight excluding hydrogens is 532 g/mol. The number of hydrogen-bond acceptors (Lipinski definition) is 9. The summed E-state index contributed by atoms with van der Waals surface area (Å²) in [5.74, 6) is -3.74. The number of aliphatic imine (C=N–C) groups is 2. The average molecular weight is 571 g/mol. The highest BCUT2D eigenvalue weighted by Crippen LogP contribution is 2.05. The SMILES string of the molecule is NC(N)=NCCCC(N)C(=O)NC(Cc1cnc[nH]1)C(=O)NC(CCCN=C(N)N)C(=O)NC(CS)C(=O)O. The van der Waals surface area contributed by atoms with Gasteiger partial charge in [-0.05, 0) is 25.7 Å². The molecule has 0 aliphatic rings. The molecule has 0 bridgehead atoms. The number of thiol groups is 1. The minimum atomic E-state index is -1.29. The summed E-state index contributed by atoms with van der Waals surface area (Å²) in [7, 11) is 0. The molecule has 1 aromatic rings. The van der Waals surface area contributed by atoms with Crippen LogP contribution in [0.25, 0.3) is 0 Å². The number of aromatic amines is 1. The Morgan fingerprint density at radius 3 is 1.95 bits per heavy atom. The molecule has 4 atom stereocenters. The van der Waals surface area contributed by atoms with Gasteiger partial charge in [-0.25, -0.2) is 9.78 Å². The standard InChI is InChI=1S/C21H38N12O5S/c22-12(3-1-5-28-20(23)24)16(34)32-14(7-11-8-27-10-30-11)18(36)31-13(4-2-6-29-21(25)26)17(35)33-15(9-39)19(37)38/h8,10,12-15,39H,1-7,9,22H2,(H,27,30)(H,31,36)(H,32,34)(H,33,35)(H,37,38)(H4,23,24,28)(H4,25,26,29). The molecule has 0 saturated heterocycles. The largest absolute Gasteiger partial charge is 0.480 e. The van der Waals surface area contributed by atoms with Gasteiger partial charge in [0.1, 0.15) is 18.1 Å². The van der Waals surface area contributed by atoms with E-state index in [0.29, 0.717) is 12.1 Å². The van der Waals surface area contributed by atoms with Crippen LogP contribution in [0.15, 0.2) is 22.5 Å². The summed E-state index contributed by atoms with van der Waals surface area (Å²) in [5.41, 5.74) is 27.7. The number of aromatic nitrogens is 2. The molecule has 1 aromatic heterocycles. The van der Waals surface area contributed by atoms with Gasteiger partial charge < -0.3 is 54.7 Å². The van der Waals surface area contributed by atoms with Crippen LogP contribution in [-0.4, -0.2) is 93.7 Å². The molecule has 15 N–H and O–H groups in total. The van der Waals surface area contributed by atoms with E-state index in [1.165, 1.54) is 12.5 Å². The Kier molecular flexibility index (Phi) is 14.8. The van der Waals surface area contributed by atoms with E-state index < -0.39 is 47.9 Å². The molecule has 0 aromatic carbocycles. The van der Waals surface area contributed by atoms with E-state index in [-0.39, 0.29) is 56.4 Å². The predicted octanol–water partition coefficient (Wildman–Crippen LogP) is -4.14. The third kappa shape index (κ3) is 13.3. The quantitative estimate of drug-likeness (QED) is 0.0348. The number of carbonyl (C=O) groups excluding carboxylic acids is 3. The van der Waals surface area contributed by atoms with Gasteiger partial charge in [0.2, 0.25) is 17.7 Å². The minimum Gasteiger partial charge on any atom is -0.480 e. The molecule has 3 amide bonds. The van der Waals surface area contributed by atoms with Gasteiger partial charge in [-0.15, -0.1) is 0 Å². The van der Waals surface area contributed by atoms with Crippen molar-refractivity contribution >= 4 is 48.2 Å². The first-order chi connectivity index (χ1) is 18.4. The van der Waals surface area contributed by atoms with E-state index in [4.69, 9.17) is 28.7 Å². The highest BCUT2D eigenvalue weighted by Gasteiger charge is 2.30. The number of nitrogens with zero attached hydrogens (tertiary/aromatic N) is 3. The van der Waals surface area contributed by atoms with Crippen molar-refractivity contribution in [2.75, 3.05) is 18.8 Å². The van der Waals surface area contributed by atoms with Crippen LogP contribution in [0.3, 0.4) is 0 Å². The lowest BCUT2D eigenvalue weighted by Crippen LogP contribution is -2.57. The first kappa shape index (κ1) is 33.0. The maximum atomic E-state index is 13.3. The summed E-state index contributed by atoms with van der Waals surface area (Å²) >= 11 is 3.94. The van der Waals surface area contributed by atoms with Gasteiger partial charge in [-0.3, -0.25) is 24.4 Å². The molecule has 0 radical (unpaired) electrons. The van der Waals surface area contributed by atoms with Gasteiger partial charge in [-0.1, -0.05) is 0 Å². The molecular formula is C21H38N12O5S. The van der Waals surface area contributed by atoms with Gasteiger partial charge in [0.05, 0.1) is 12.4 Å². The Balaban J connectivity index is 3.01. The van der Waals surface area contributed by atoms with Crippen molar-refractivity contribution in [3.8, 4) is 0 Å². The monoisotopic (exact) mass is 570 g/mol. The van der Waals surface area contributed by atoms with Crippen LogP contribution in [0.5, 0.6) is 0 Å². The molecule has 1 heterocycles.